The standard InChI is InChI=1S/C16H18N2O3/c1-12(13-7-9-17-10-8-13)18-16(19)11-21-15-5-3-14(20-2)4-6-15/h3-10,12H,11H2,1-2H3,(H,18,19). The van der Waals surface area contributed by atoms with Crippen molar-refractivity contribution >= 4 is 5.91 Å². The molecule has 2 aromatic rings. The van der Waals surface area contributed by atoms with E-state index in [9.17, 15) is 4.79 Å². The lowest BCUT2D eigenvalue weighted by molar-refractivity contribution is -0.123. The van der Waals surface area contributed by atoms with Crippen LogP contribution in [0, 0.1) is 0 Å². The Balaban J connectivity index is 1.81. The zero-order chi connectivity index (χ0) is 15.1. The fourth-order valence-corrected chi connectivity index (χ4v) is 1.84. The van der Waals surface area contributed by atoms with E-state index in [0.717, 1.165) is 11.3 Å². The van der Waals surface area contributed by atoms with Gasteiger partial charge in [0.2, 0.25) is 0 Å². The molecule has 1 aromatic carbocycles. The van der Waals surface area contributed by atoms with Crippen molar-refractivity contribution in [2.45, 2.75) is 13.0 Å². The highest BCUT2D eigenvalue weighted by Crippen LogP contribution is 2.17. The third-order valence-electron chi connectivity index (χ3n) is 3.01. The summed E-state index contributed by atoms with van der Waals surface area (Å²) >= 11 is 0. The molecule has 0 aliphatic rings. The highest BCUT2D eigenvalue weighted by atomic mass is 16.5. The first-order valence-electron chi connectivity index (χ1n) is 6.65. The number of pyridine rings is 1. The second-order valence-electron chi connectivity index (χ2n) is 4.53. The van der Waals surface area contributed by atoms with Crippen molar-refractivity contribution in [2.75, 3.05) is 13.7 Å². The van der Waals surface area contributed by atoms with Gasteiger partial charge in [0.1, 0.15) is 11.5 Å². The Morgan fingerprint density at radius 1 is 1.14 bits per heavy atom. The molecule has 0 spiro atoms. The molecule has 21 heavy (non-hydrogen) atoms. The van der Waals surface area contributed by atoms with E-state index in [1.54, 1.807) is 43.8 Å². The van der Waals surface area contributed by atoms with Gasteiger partial charge in [-0.2, -0.15) is 0 Å². The summed E-state index contributed by atoms with van der Waals surface area (Å²) in [5.41, 5.74) is 1.00. The molecule has 0 saturated heterocycles. The molecule has 0 bridgehead atoms. The Kier molecular flexibility index (Phi) is 5.15. The molecule has 0 radical (unpaired) electrons. The molecular weight excluding hydrogens is 268 g/mol. The average Bonchev–Trinajstić information content (AvgIpc) is 2.54. The number of carbonyl (C=O) groups excluding carboxylic acids is 1. The molecule has 5 nitrogen and oxygen atoms in total. The molecule has 1 heterocycles. The summed E-state index contributed by atoms with van der Waals surface area (Å²) in [4.78, 5) is 15.8. The van der Waals surface area contributed by atoms with Crippen LogP contribution in [0.5, 0.6) is 11.5 Å². The summed E-state index contributed by atoms with van der Waals surface area (Å²) in [7, 11) is 1.60. The molecule has 1 N–H and O–H groups in total. The van der Waals surface area contributed by atoms with Crippen molar-refractivity contribution in [3.63, 3.8) is 0 Å². The molecule has 1 atom stereocenters. The minimum Gasteiger partial charge on any atom is -0.497 e. The van der Waals surface area contributed by atoms with E-state index in [2.05, 4.69) is 10.3 Å². The van der Waals surface area contributed by atoms with Gasteiger partial charge in [0, 0.05) is 12.4 Å². The molecular formula is C16H18N2O3. The van der Waals surface area contributed by atoms with Crippen LogP contribution in [0.15, 0.2) is 48.8 Å². The van der Waals surface area contributed by atoms with E-state index < -0.39 is 0 Å². The first kappa shape index (κ1) is 14.8. The van der Waals surface area contributed by atoms with Gasteiger partial charge in [-0.25, -0.2) is 0 Å². The number of nitrogens with zero attached hydrogens (tertiary/aromatic N) is 1. The molecule has 1 aromatic heterocycles. The van der Waals surface area contributed by atoms with Crippen LogP contribution in [0.25, 0.3) is 0 Å². The highest BCUT2D eigenvalue weighted by molar-refractivity contribution is 5.78. The number of rotatable bonds is 6. The topological polar surface area (TPSA) is 60.5 Å². The summed E-state index contributed by atoms with van der Waals surface area (Å²) in [5.74, 6) is 1.20. The Morgan fingerprint density at radius 2 is 1.76 bits per heavy atom. The number of nitrogens with one attached hydrogen (secondary N) is 1. The van der Waals surface area contributed by atoms with E-state index in [0.29, 0.717) is 5.75 Å². The van der Waals surface area contributed by atoms with Crippen LogP contribution in [0.1, 0.15) is 18.5 Å². The van der Waals surface area contributed by atoms with E-state index in [1.807, 2.05) is 19.1 Å². The van der Waals surface area contributed by atoms with Gasteiger partial charge in [0.15, 0.2) is 6.61 Å². The average molecular weight is 286 g/mol. The number of hydrogen-bond acceptors (Lipinski definition) is 4. The summed E-state index contributed by atoms with van der Waals surface area (Å²) in [6.07, 6.45) is 3.40. The van der Waals surface area contributed by atoms with Gasteiger partial charge >= 0.3 is 0 Å². The number of amides is 1. The van der Waals surface area contributed by atoms with Crippen molar-refractivity contribution in [3.8, 4) is 11.5 Å². The maximum Gasteiger partial charge on any atom is 0.258 e. The van der Waals surface area contributed by atoms with Gasteiger partial charge in [0.25, 0.3) is 5.91 Å². The van der Waals surface area contributed by atoms with Crippen molar-refractivity contribution < 1.29 is 14.3 Å². The minimum atomic E-state index is -0.171. The zero-order valence-electron chi connectivity index (χ0n) is 12.1. The van der Waals surface area contributed by atoms with Crippen LogP contribution in [-0.2, 0) is 4.79 Å². The lowest BCUT2D eigenvalue weighted by Gasteiger charge is -2.14. The SMILES string of the molecule is COc1ccc(OCC(=O)NC(C)c2ccncc2)cc1. The Bertz CT molecular complexity index is 570. The summed E-state index contributed by atoms with van der Waals surface area (Å²) in [6.45, 7) is 1.89. The molecule has 0 aliphatic heterocycles. The van der Waals surface area contributed by atoms with E-state index in [1.165, 1.54) is 0 Å². The van der Waals surface area contributed by atoms with E-state index in [4.69, 9.17) is 9.47 Å². The fraction of sp³-hybridized carbons (Fsp3) is 0.250. The number of carbonyl (C=O) groups is 1. The second-order valence-corrected chi connectivity index (χ2v) is 4.53. The third kappa shape index (κ3) is 4.49. The van der Waals surface area contributed by atoms with Crippen molar-refractivity contribution in [1.82, 2.24) is 10.3 Å². The smallest absolute Gasteiger partial charge is 0.258 e. The largest absolute Gasteiger partial charge is 0.497 e. The molecule has 110 valence electrons. The molecule has 0 saturated carbocycles. The van der Waals surface area contributed by atoms with E-state index >= 15 is 0 Å². The zero-order valence-corrected chi connectivity index (χ0v) is 12.1. The van der Waals surface area contributed by atoms with Gasteiger partial charge in [0.05, 0.1) is 13.2 Å². The molecule has 1 unspecified atom stereocenters. The maximum atomic E-state index is 11.8. The molecule has 0 aliphatic carbocycles. The predicted molar refractivity (Wildman–Crippen MR) is 79.3 cm³/mol. The quantitative estimate of drug-likeness (QED) is 0.885. The Morgan fingerprint density at radius 3 is 2.38 bits per heavy atom. The number of hydrogen-bond donors (Lipinski definition) is 1. The molecule has 1 amide bonds. The number of aromatic nitrogens is 1. The summed E-state index contributed by atoms with van der Waals surface area (Å²) in [5, 5.41) is 2.87. The lowest BCUT2D eigenvalue weighted by Crippen LogP contribution is -2.31. The highest BCUT2D eigenvalue weighted by Gasteiger charge is 2.09. The number of methoxy groups -OCH3 is 1. The first-order valence-corrected chi connectivity index (χ1v) is 6.65. The van der Waals surface area contributed by atoms with Crippen LogP contribution in [0.2, 0.25) is 0 Å². The van der Waals surface area contributed by atoms with Crippen LogP contribution in [0.4, 0.5) is 0 Å². The van der Waals surface area contributed by atoms with Gasteiger partial charge in [-0.15, -0.1) is 0 Å². The lowest BCUT2D eigenvalue weighted by atomic mass is 10.1. The predicted octanol–water partition coefficient (Wildman–Crippen LogP) is 2.35. The second kappa shape index (κ2) is 7.28. The fourth-order valence-electron chi connectivity index (χ4n) is 1.84. The van der Waals surface area contributed by atoms with Crippen molar-refractivity contribution in [3.05, 3.63) is 54.4 Å². The van der Waals surface area contributed by atoms with Gasteiger partial charge in [-0.05, 0) is 48.9 Å². The molecule has 0 fully saturated rings. The van der Waals surface area contributed by atoms with Crippen LogP contribution >= 0.6 is 0 Å². The van der Waals surface area contributed by atoms with Gasteiger partial charge in [-0.3, -0.25) is 9.78 Å². The third-order valence-corrected chi connectivity index (χ3v) is 3.01. The monoisotopic (exact) mass is 286 g/mol. The Labute approximate surface area is 123 Å². The normalized spacial score (nSPS) is 11.5. The first-order chi connectivity index (χ1) is 10.2. The summed E-state index contributed by atoms with van der Waals surface area (Å²) in [6, 6.07) is 10.8. The van der Waals surface area contributed by atoms with Crippen LogP contribution < -0.4 is 14.8 Å². The van der Waals surface area contributed by atoms with Crippen molar-refractivity contribution in [1.29, 1.82) is 0 Å². The van der Waals surface area contributed by atoms with Crippen LogP contribution in [0.3, 0.4) is 0 Å². The van der Waals surface area contributed by atoms with E-state index in [-0.39, 0.29) is 18.6 Å². The van der Waals surface area contributed by atoms with Gasteiger partial charge < -0.3 is 14.8 Å². The minimum absolute atomic E-state index is 0.0260. The molecule has 5 heteroatoms. The number of benzene rings is 1. The number of ether oxygens (including phenoxy) is 2. The summed E-state index contributed by atoms with van der Waals surface area (Å²) < 4.78 is 10.5. The molecule has 2 rings (SSSR count). The van der Waals surface area contributed by atoms with Crippen LogP contribution in [-0.4, -0.2) is 24.6 Å². The van der Waals surface area contributed by atoms with Crippen molar-refractivity contribution in [2.24, 2.45) is 0 Å². The van der Waals surface area contributed by atoms with Gasteiger partial charge in [-0.1, -0.05) is 0 Å². The Hall–Kier alpha value is -2.56. The maximum absolute atomic E-state index is 11.8.